The van der Waals surface area contributed by atoms with E-state index in [1.54, 1.807) is 12.4 Å². The molecule has 1 heterocycles. The molecule has 2 aromatic rings. The molecule has 1 N–H and O–H groups in total. The van der Waals surface area contributed by atoms with Gasteiger partial charge >= 0.3 is 0 Å². The quantitative estimate of drug-likeness (QED) is 0.812. The van der Waals surface area contributed by atoms with E-state index in [9.17, 15) is 5.11 Å². The first-order valence-electron chi connectivity index (χ1n) is 6.51. The summed E-state index contributed by atoms with van der Waals surface area (Å²) < 4.78 is 10.9. The first kappa shape index (κ1) is 13.9. The third-order valence-corrected chi connectivity index (χ3v) is 2.94. The van der Waals surface area contributed by atoms with Gasteiger partial charge in [-0.05, 0) is 19.2 Å². The van der Waals surface area contributed by atoms with Gasteiger partial charge in [0.2, 0.25) is 0 Å². The number of nitrogens with zero attached hydrogens (tertiary/aromatic N) is 1. The maximum atomic E-state index is 10.5. The molecule has 0 aliphatic heterocycles. The molecule has 0 spiro atoms. The summed E-state index contributed by atoms with van der Waals surface area (Å²) in [7, 11) is 0. The van der Waals surface area contributed by atoms with Crippen molar-refractivity contribution in [2.24, 2.45) is 0 Å². The predicted molar refractivity (Wildman–Crippen MR) is 73.7 cm³/mol. The zero-order valence-electron chi connectivity index (χ0n) is 11.2. The van der Waals surface area contributed by atoms with Crippen molar-refractivity contribution in [2.45, 2.75) is 26.2 Å². The molecule has 0 saturated carbocycles. The van der Waals surface area contributed by atoms with Crippen molar-refractivity contribution in [1.29, 1.82) is 0 Å². The molecular formula is C15H19NO3. The summed E-state index contributed by atoms with van der Waals surface area (Å²) >= 11 is 0. The Balaban J connectivity index is 2.36. The van der Waals surface area contributed by atoms with Crippen LogP contribution in [0.1, 0.15) is 25.5 Å². The van der Waals surface area contributed by atoms with Crippen LogP contribution < -0.4 is 0 Å². The molecule has 0 radical (unpaired) electrons. The molecular weight excluding hydrogens is 242 g/mol. The van der Waals surface area contributed by atoms with Gasteiger partial charge in [0, 0.05) is 36.6 Å². The van der Waals surface area contributed by atoms with Crippen LogP contribution in [0.3, 0.4) is 0 Å². The lowest BCUT2D eigenvalue weighted by atomic mass is 10.0. The Kier molecular flexibility index (Phi) is 4.85. The second-order valence-electron chi connectivity index (χ2n) is 4.17. The van der Waals surface area contributed by atoms with Gasteiger partial charge in [-0.1, -0.05) is 24.3 Å². The highest BCUT2D eigenvalue weighted by Gasteiger charge is 2.23. The van der Waals surface area contributed by atoms with Crippen LogP contribution in [-0.2, 0) is 9.47 Å². The average molecular weight is 261 g/mol. The predicted octanol–water partition coefficient (Wildman–Crippen LogP) is 2.67. The van der Waals surface area contributed by atoms with Crippen molar-refractivity contribution in [3.05, 3.63) is 42.2 Å². The summed E-state index contributed by atoms with van der Waals surface area (Å²) in [5.74, 6) is 0. The molecule has 1 aromatic carbocycles. The van der Waals surface area contributed by atoms with Gasteiger partial charge in [0.1, 0.15) is 6.10 Å². The molecule has 2 rings (SSSR count). The molecule has 0 saturated heterocycles. The van der Waals surface area contributed by atoms with E-state index in [1.165, 1.54) is 0 Å². The number of hydrogen-bond acceptors (Lipinski definition) is 4. The van der Waals surface area contributed by atoms with Gasteiger partial charge in [0.15, 0.2) is 6.29 Å². The largest absolute Gasteiger partial charge is 0.383 e. The van der Waals surface area contributed by atoms with E-state index in [4.69, 9.17) is 9.47 Å². The third kappa shape index (κ3) is 3.10. The molecule has 1 aromatic heterocycles. The first-order chi connectivity index (χ1) is 9.27. The summed E-state index contributed by atoms with van der Waals surface area (Å²) in [5.41, 5.74) is 0.727. The molecule has 4 heteroatoms. The number of ether oxygens (including phenoxy) is 2. The van der Waals surface area contributed by atoms with Crippen molar-refractivity contribution in [3.63, 3.8) is 0 Å². The van der Waals surface area contributed by atoms with Crippen LogP contribution in [0.5, 0.6) is 0 Å². The van der Waals surface area contributed by atoms with E-state index < -0.39 is 12.4 Å². The second-order valence-corrected chi connectivity index (χ2v) is 4.17. The lowest BCUT2D eigenvalue weighted by molar-refractivity contribution is -0.191. The van der Waals surface area contributed by atoms with Crippen LogP contribution in [-0.4, -0.2) is 29.6 Å². The monoisotopic (exact) mass is 261 g/mol. The summed E-state index contributed by atoms with van der Waals surface area (Å²) in [6.45, 7) is 4.72. The van der Waals surface area contributed by atoms with E-state index in [2.05, 4.69) is 4.98 Å². The van der Waals surface area contributed by atoms with Crippen molar-refractivity contribution in [2.75, 3.05) is 13.2 Å². The van der Waals surface area contributed by atoms with Crippen molar-refractivity contribution < 1.29 is 14.6 Å². The molecule has 4 nitrogen and oxygen atoms in total. The van der Waals surface area contributed by atoms with Crippen LogP contribution in [0.15, 0.2) is 36.7 Å². The minimum Gasteiger partial charge on any atom is -0.383 e. The Bertz CT molecular complexity index is 518. The second kappa shape index (κ2) is 6.61. The minimum atomic E-state index is -0.849. The summed E-state index contributed by atoms with van der Waals surface area (Å²) in [6.07, 6.45) is 1.93. The minimum absolute atomic E-state index is 0.486. The van der Waals surface area contributed by atoms with E-state index in [-0.39, 0.29) is 0 Å². The number of aromatic nitrogens is 1. The Morgan fingerprint density at radius 2 is 1.79 bits per heavy atom. The maximum absolute atomic E-state index is 10.5. The smallest absolute Gasteiger partial charge is 0.187 e. The molecule has 19 heavy (non-hydrogen) atoms. The van der Waals surface area contributed by atoms with Gasteiger partial charge in [-0.15, -0.1) is 0 Å². The number of aliphatic hydroxyl groups is 1. The highest BCUT2D eigenvalue weighted by molar-refractivity contribution is 5.84. The topological polar surface area (TPSA) is 51.6 Å². The van der Waals surface area contributed by atoms with E-state index in [0.29, 0.717) is 13.2 Å². The zero-order chi connectivity index (χ0) is 13.7. The number of aliphatic hydroxyl groups excluding tert-OH is 1. The normalized spacial score (nSPS) is 13.1. The molecule has 0 aliphatic rings. The zero-order valence-corrected chi connectivity index (χ0v) is 11.2. The molecule has 0 aliphatic carbocycles. The van der Waals surface area contributed by atoms with E-state index in [1.807, 2.05) is 38.1 Å². The fourth-order valence-electron chi connectivity index (χ4n) is 2.08. The summed E-state index contributed by atoms with van der Waals surface area (Å²) in [4.78, 5) is 4.17. The van der Waals surface area contributed by atoms with Gasteiger partial charge in [0.05, 0.1) is 0 Å². The van der Waals surface area contributed by atoms with Crippen LogP contribution in [0, 0.1) is 0 Å². The van der Waals surface area contributed by atoms with Crippen molar-refractivity contribution >= 4 is 10.8 Å². The highest BCUT2D eigenvalue weighted by atomic mass is 16.7. The fraction of sp³-hybridized carbons (Fsp3) is 0.400. The van der Waals surface area contributed by atoms with Crippen molar-refractivity contribution in [3.8, 4) is 0 Å². The molecule has 0 bridgehead atoms. The summed E-state index contributed by atoms with van der Waals surface area (Å²) in [6, 6.07) is 7.82. The molecule has 102 valence electrons. The number of benzene rings is 1. The van der Waals surface area contributed by atoms with Gasteiger partial charge in [-0.3, -0.25) is 4.98 Å². The number of pyridine rings is 1. The van der Waals surface area contributed by atoms with Crippen LogP contribution in [0.25, 0.3) is 10.8 Å². The van der Waals surface area contributed by atoms with Gasteiger partial charge in [0.25, 0.3) is 0 Å². The lowest BCUT2D eigenvalue weighted by Crippen LogP contribution is -2.26. The van der Waals surface area contributed by atoms with Crippen molar-refractivity contribution in [1.82, 2.24) is 4.98 Å². The molecule has 0 fully saturated rings. The Hall–Kier alpha value is -1.49. The van der Waals surface area contributed by atoms with E-state index >= 15 is 0 Å². The highest BCUT2D eigenvalue weighted by Crippen LogP contribution is 2.27. The Labute approximate surface area is 113 Å². The number of rotatable bonds is 6. The summed E-state index contributed by atoms with van der Waals surface area (Å²) in [5, 5.41) is 12.4. The number of fused-ring (bicyclic) bond motifs is 1. The molecule has 0 amide bonds. The fourth-order valence-corrected chi connectivity index (χ4v) is 2.08. The molecule has 1 unspecified atom stereocenters. The van der Waals surface area contributed by atoms with Gasteiger partial charge in [-0.25, -0.2) is 0 Å². The van der Waals surface area contributed by atoms with Gasteiger partial charge in [-0.2, -0.15) is 0 Å². The average Bonchev–Trinajstić information content (AvgIpc) is 2.46. The van der Waals surface area contributed by atoms with Crippen LogP contribution >= 0.6 is 0 Å². The SMILES string of the molecule is CCOC(OCC)C(O)c1cncc2ccccc12. The standard InChI is InChI=1S/C15H19NO3/c1-3-18-15(19-4-2)14(17)13-10-16-9-11-7-5-6-8-12(11)13/h5-10,14-15,17H,3-4H2,1-2H3. The Morgan fingerprint density at radius 3 is 2.47 bits per heavy atom. The van der Waals surface area contributed by atoms with Crippen LogP contribution in [0.4, 0.5) is 0 Å². The maximum Gasteiger partial charge on any atom is 0.187 e. The third-order valence-electron chi connectivity index (χ3n) is 2.94. The van der Waals surface area contributed by atoms with Crippen LogP contribution in [0.2, 0.25) is 0 Å². The lowest BCUT2D eigenvalue weighted by Gasteiger charge is -2.23. The van der Waals surface area contributed by atoms with Gasteiger partial charge < -0.3 is 14.6 Å². The Morgan fingerprint density at radius 1 is 1.11 bits per heavy atom. The number of hydrogen-bond donors (Lipinski definition) is 1. The first-order valence-corrected chi connectivity index (χ1v) is 6.51. The molecule has 1 atom stereocenters. The van der Waals surface area contributed by atoms with E-state index in [0.717, 1.165) is 16.3 Å².